The average Bonchev–Trinajstić information content (AvgIpc) is 2.72. The van der Waals surface area contributed by atoms with E-state index in [1.54, 1.807) is 31.4 Å². The Morgan fingerprint density at radius 2 is 1.70 bits per heavy atom. The van der Waals surface area contributed by atoms with Gasteiger partial charge in [-0.25, -0.2) is 4.79 Å². The van der Waals surface area contributed by atoms with Crippen molar-refractivity contribution in [2.45, 2.75) is 32.1 Å². The molecule has 0 radical (unpaired) electrons. The van der Waals surface area contributed by atoms with Crippen LogP contribution in [0, 0.1) is 10.1 Å². The lowest BCUT2D eigenvalue weighted by molar-refractivity contribution is -0.481. The number of anilines is 1. The number of nitrogens with one attached hydrogen (secondary N) is 1. The summed E-state index contributed by atoms with van der Waals surface area (Å²) in [5.74, 6) is -0.683. The SMILES string of the molecule is COC(=O)/C(=C\Nc1ccc(OC)cc1)C(C[N+](=O)[O-])c1ccc(C(C)(C)C)cc1. The Kier molecular flexibility index (Phi) is 7.58. The molecule has 2 aromatic carbocycles. The second kappa shape index (κ2) is 9.91. The first-order valence-corrected chi connectivity index (χ1v) is 9.57. The fraction of sp³-hybridized carbons (Fsp3) is 0.348. The molecule has 0 heterocycles. The van der Waals surface area contributed by atoms with E-state index in [-0.39, 0.29) is 11.0 Å². The summed E-state index contributed by atoms with van der Waals surface area (Å²) in [7, 11) is 2.83. The van der Waals surface area contributed by atoms with Crippen molar-refractivity contribution < 1.29 is 19.2 Å². The number of methoxy groups -OCH3 is 2. The molecule has 0 aliphatic carbocycles. The van der Waals surface area contributed by atoms with Crippen molar-refractivity contribution in [2.24, 2.45) is 0 Å². The van der Waals surface area contributed by atoms with E-state index in [1.807, 2.05) is 24.3 Å². The van der Waals surface area contributed by atoms with Crippen LogP contribution in [-0.2, 0) is 14.9 Å². The van der Waals surface area contributed by atoms with E-state index in [4.69, 9.17) is 9.47 Å². The van der Waals surface area contributed by atoms with E-state index < -0.39 is 23.4 Å². The second-order valence-electron chi connectivity index (χ2n) is 7.90. The van der Waals surface area contributed by atoms with E-state index in [2.05, 4.69) is 26.1 Å². The maximum absolute atomic E-state index is 12.5. The number of ether oxygens (including phenoxy) is 2. The Labute approximate surface area is 176 Å². The van der Waals surface area contributed by atoms with Crippen LogP contribution in [0.5, 0.6) is 5.75 Å². The van der Waals surface area contributed by atoms with Crippen LogP contribution >= 0.6 is 0 Å². The van der Waals surface area contributed by atoms with E-state index in [1.165, 1.54) is 13.3 Å². The zero-order chi connectivity index (χ0) is 22.3. The monoisotopic (exact) mass is 412 g/mol. The summed E-state index contributed by atoms with van der Waals surface area (Å²) in [6, 6.07) is 14.6. The molecule has 7 heteroatoms. The minimum atomic E-state index is -0.757. The molecular formula is C23H28N2O5. The smallest absolute Gasteiger partial charge is 0.336 e. The Bertz CT molecular complexity index is 897. The van der Waals surface area contributed by atoms with Gasteiger partial charge in [-0.1, -0.05) is 45.0 Å². The summed E-state index contributed by atoms with van der Waals surface area (Å²) < 4.78 is 10.0. The van der Waals surface area contributed by atoms with Crippen LogP contribution in [0.3, 0.4) is 0 Å². The van der Waals surface area contributed by atoms with Crippen LogP contribution in [-0.4, -0.2) is 31.7 Å². The number of carbonyl (C=O) groups is 1. The lowest BCUT2D eigenvalue weighted by atomic mass is 9.84. The van der Waals surface area contributed by atoms with Gasteiger partial charge in [-0.05, 0) is 40.8 Å². The van der Waals surface area contributed by atoms with Crippen molar-refractivity contribution in [3.63, 3.8) is 0 Å². The van der Waals surface area contributed by atoms with Gasteiger partial charge >= 0.3 is 5.97 Å². The molecule has 7 nitrogen and oxygen atoms in total. The van der Waals surface area contributed by atoms with Crippen molar-refractivity contribution in [1.29, 1.82) is 0 Å². The number of benzene rings is 2. The number of hydrogen-bond acceptors (Lipinski definition) is 6. The molecular weight excluding hydrogens is 384 g/mol. The average molecular weight is 412 g/mol. The number of hydrogen-bond donors (Lipinski definition) is 1. The fourth-order valence-corrected chi connectivity index (χ4v) is 3.02. The van der Waals surface area contributed by atoms with Crippen LogP contribution in [0.4, 0.5) is 5.69 Å². The normalized spacial score (nSPS) is 12.8. The molecule has 2 aromatic rings. The zero-order valence-electron chi connectivity index (χ0n) is 18.0. The van der Waals surface area contributed by atoms with Gasteiger partial charge in [-0.15, -0.1) is 0 Å². The molecule has 1 unspecified atom stereocenters. The van der Waals surface area contributed by atoms with Gasteiger partial charge in [0.2, 0.25) is 6.54 Å². The van der Waals surface area contributed by atoms with Gasteiger partial charge in [0.15, 0.2) is 0 Å². The highest BCUT2D eigenvalue weighted by atomic mass is 16.6. The number of carbonyl (C=O) groups excluding carboxylic acids is 1. The summed E-state index contributed by atoms with van der Waals surface area (Å²) in [5, 5.41) is 14.4. The zero-order valence-corrected chi connectivity index (χ0v) is 18.0. The second-order valence-corrected chi connectivity index (χ2v) is 7.90. The topological polar surface area (TPSA) is 90.7 Å². The summed E-state index contributed by atoms with van der Waals surface area (Å²) in [5.41, 5.74) is 2.61. The van der Waals surface area contributed by atoms with Crippen molar-refractivity contribution >= 4 is 11.7 Å². The number of nitrogens with zero attached hydrogens (tertiary/aromatic N) is 1. The molecule has 0 saturated heterocycles. The first-order valence-electron chi connectivity index (χ1n) is 9.57. The Morgan fingerprint density at radius 1 is 1.10 bits per heavy atom. The van der Waals surface area contributed by atoms with Crippen molar-refractivity contribution in [3.05, 3.63) is 81.5 Å². The van der Waals surface area contributed by atoms with Gasteiger partial charge in [0.1, 0.15) is 5.75 Å². The van der Waals surface area contributed by atoms with Crippen LogP contribution in [0.1, 0.15) is 37.8 Å². The van der Waals surface area contributed by atoms with E-state index in [9.17, 15) is 14.9 Å². The Balaban J connectivity index is 2.41. The summed E-state index contributed by atoms with van der Waals surface area (Å²) in [6.45, 7) is 5.85. The van der Waals surface area contributed by atoms with Crippen molar-refractivity contribution in [2.75, 3.05) is 26.1 Å². The van der Waals surface area contributed by atoms with Crippen LogP contribution in [0.15, 0.2) is 60.3 Å². The van der Waals surface area contributed by atoms with E-state index in [0.29, 0.717) is 17.0 Å². The molecule has 0 amide bonds. The Hall–Kier alpha value is -3.35. The highest BCUT2D eigenvalue weighted by Crippen LogP contribution is 2.29. The highest BCUT2D eigenvalue weighted by Gasteiger charge is 2.28. The molecule has 1 N–H and O–H groups in total. The van der Waals surface area contributed by atoms with Gasteiger partial charge in [0, 0.05) is 16.8 Å². The van der Waals surface area contributed by atoms with Crippen LogP contribution in [0.2, 0.25) is 0 Å². The molecule has 1 atom stereocenters. The molecule has 2 rings (SSSR count). The molecule has 30 heavy (non-hydrogen) atoms. The molecule has 0 aromatic heterocycles. The van der Waals surface area contributed by atoms with Crippen molar-refractivity contribution in [1.82, 2.24) is 0 Å². The first kappa shape index (κ1) is 22.9. The summed E-state index contributed by atoms with van der Waals surface area (Å²) >= 11 is 0. The third-order valence-corrected chi connectivity index (χ3v) is 4.79. The minimum Gasteiger partial charge on any atom is -0.497 e. The predicted octanol–water partition coefficient (Wildman–Crippen LogP) is 4.52. The van der Waals surface area contributed by atoms with E-state index >= 15 is 0 Å². The van der Waals surface area contributed by atoms with Gasteiger partial charge in [0.05, 0.1) is 25.7 Å². The highest BCUT2D eigenvalue weighted by molar-refractivity contribution is 5.90. The molecule has 0 bridgehead atoms. The standard InChI is InChI=1S/C23H28N2O5/c1-23(2,3)17-8-6-16(7-9-17)21(15-25(27)28)20(22(26)30-5)14-24-18-10-12-19(29-4)13-11-18/h6-14,21,24H,15H2,1-5H3/b20-14-. The molecule has 0 aliphatic heterocycles. The Morgan fingerprint density at radius 3 is 2.17 bits per heavy atom. The predicted molar refractivity (Wildman–Crippen MR) is 116 cm³/mol. The van der Waals surface area contributed by atoms with Gasteiger partial charge < -0.3 is 14.8 Å². The minimum absolute atomic E-state index is 0.0475. The quantitative estimate of drug-likeness (QED) is 0.297. The lowest BCUT2D eigenvalue weighted by Gasteiger charge is -2.21. The van der Waals surface area contributed by atoms with Gasteiger partial charge in [-0.2, -0.15) is 0 Å². The number of nitro groups is 1. The van der Waals surface area contributed by atoms with Gasteiger partial charge in [0.25, 0.3) is 0 Å². The number of rotatable bonds is 8. The molecule has 160 valence electrons. The van der Waals surface area contributed by atoms with Crippen LogP contribution in [0.25, 0.3) is 0 Å². The lowest BCUT2D eigenvalue weighted by Crippen LogP contribution is -2.22. The molecule has 0 fully saturated rings. The third kappa shape index (κ3) is 6.07. The maximum atomic E-state index is 12.5. The summed E-state index contributed by atoms with van der Waals surface area (Å²) in [6.07, 6.45) is 1.47. The fourth-order valence-electron chi connectivity index (χ4n) is 3.02. The number of esters is 1. The van der Waals surface area contributed by atoms with Crippen LogP contribution < -0.4 is 10.1 Å². The first-order chi connectivity index (χ1) is 14.2. The third-order valence-electron chi connectivity index (χ3n) is 4.79. The van der Waals surface area contributed by atoms with Gasteiger partial charge in [-0.3, -0.25) is 10.1 Å². The summed E-state index contributed by atoms with van der Waals surface area (Å²) in [4.78, 5) is 23.4. The molecule has 0 spiro atoms. The molecule has 0 aliphatic rings. The van der Waals surface area contributed by atoms with E-state index in [0.717, 1.165) is 5.56 Å². The molecule has 0 saturated carbocycles. The van der Waals surface area contributed by atoms with Crippen molar-refractivity contribution in [3.8, 4) is 5.75 Å². The largest absolute Gasteiger partial charge is 0.497 e. The maximum Gasteiger partial charge on any atom is 0.336 e.